The minimum atomic E-state index is 0.942. The fourth-order valence-electron chi connectivity index (χ4n) is 2.20. The monoisotopic (exact) mass is 277 g/mol. The van der Waals surface area contributed by atoms with Crippen LogP contribution in [0.1, 0.15) is 5.56 Å². The van der Waals surface area contributed by atoms with E-state index in [0.717, 1.165) is 11.4 Å². The molecule has 20 heavy (non-hydrogen) atoms. The van der Waals surface area contributed by atoms with E-state index >= 15 is 0 Å². The summed E-state index contributed by atoms with van der Waals surface area (Å²) in [4.78, 5) is 5.24. The molecule has 2 heteroatoms. The normalized spacial score (nSPS) is 10.6. The Bertz CT molecular complexity index is 749. The highest BCUT2D eigenvalue weighted by Crippen LogP contribution is 2.31. The topological polar surface area (TPSA) is 12.4 Å². The van der Waals surface area contributed by atoms with Crippen LogP contribution in [0.5, 0.6) is 0 Å². The van der Waals surface area contributed by atoms with E-state index in [-0.39, 0.29) is 0 Å². The van der Waals surface area contributed by atoms with Gasteiger partial charge in [-0.15, -0.1) is 11.8 Å². The Balaban J connectivity index is 1.81. The lowest BCUT2D eigenvalue weighted by Gasteiger charge is -2.06. The molecule has 0 unspecified atom stereocenters. The summed E-state index contributed by atoms with van der Waals surface area (Å²) in [5.41, 5.74) is 2.28. The van der Waals surface area contributed by atoms with Crippen LogP contribution in [0.3, 0.4) is 0 Å². The molecule has 0 atom stereocenters. The molecular formula is C18H15NS. The first kappa shape index (κ1) is 12.9. The number of fused-ring (bicyclic) bond motifs is 1. The van der Waals surface area contributed by atoms with Gasteiger partial charge in [0, 0.05) is 10.6 Å². The van der Waals surface area contributed by atoms with Crippen molar-refractivity contribution in [3.8, 4) is 0 Å². The minimum Gasteiger partial charge on any atom is -0.263 e. The molecule has 3 aromatic rings. The number of nitrogens with zero attached hydrogens (tertiary/aromatic N) is 1. The van der Waals surface area contributed by atoms with E-state index in [1.807, 2.05) is 18.2 Å². The molecule has 1 nitrogen and oxygen atoms in total. The van der Waals surface area contributed by atoms with E-state index in [4.69, 9.17) is 0 Å². The molecule has 0 aliphatic carbocycles. The van der Waals surface area contributed by atoms with Crippen LogP contribution in [0.15, 0.2) is 76.6 Å². The number of hydrogen-bond acceptors (Lipinski definition) is 2. The van der Waals surface area contributed by atoms with Crippen molar-refractivity contribution in [3.05, 3.63) is 72.3 Å². The van der Waals surface area contributed by atoms with Crippen molar-refractivity contribution in [2.24, 2.45) is 4.99 Å². The molecule has 0 aromatic heterocycles. The molecule has 0 amide bonds. The molecule has 0 aliphatic rings. The number of hydrogen-bond donors (Lipinski definition) is 0. The van der Waals surface area contributed by atoms with Gasteiger partial charge in [-0.2, -0.15) is 0 Å². The summed E-state index contributed by atoms with van der Waals surface area (Å²) >= 11 is 1.80. The molecule has 0 bridgehead atoms. The van der Waals surface area contributed by atoms with Crippen molar-refractivity contribution in [2.45, 2.75) is 10.6 Å². The number of thioether (sulfide) groups is 1. The van der Waals surface area contributed by atoms with Crippen molar-refractivity contribution >= 4 is 34.9 Å². The van der Waals surface area contributed by atoms with E-state index in [1.165, 1.54) is 21.2 Å². The SMILES string of the molecule is C=Nc1ccccc1SCc1ccc2ccccc2c1. The maximum Gasteiger partial charge on any atom is 0.0758 e. The van der Waals surface area contributed by atoms with Gasteiger partial charge in [0.1, 0.15) is 0 Å². The van der Waals surface area contributed by atoms with Crippen molar-refractivity contribution in [1.82, 2.24) is 0 Å². The molecular weight excluding hydrogens is 262 g/mol. The Labute approximate surface area is 123 Å². The Morgan fingerprint density at radius 2 is 1.60 bits per heavy atom. The number of aliphatic imine (C=N–C) groups is 1. The third kappa shape index (κ3) is 2.75. The molecule has 3 rings (SSSR count). The lowest BCUT2D eigenvalue weighted by Crippen LogP contribution is -1.82. The predicted molar refractivity (Wildman–Crippen MR) is 89.2 cm³/mol. The van der Waals surface area contributed by atoms with Crippen molar-refractivity contribution in [3.63, 3.8) is 0 Å². The predicted octanol–water partition coefficient (Wildman–Crippen LogP) is 5.46. The zero-order valence-electron chi connectivity index (χ0n) is 11.1. The first-order valence-corrected chi connectivity index (χ1v) is 7.51. The zero-order valence-corrected chi connectivity index (χ0v) is 11.9. The fraction of sp³-hybridized carbons (Fsp3) is 0.0556. The fourth-order valence-corrected chi connectivity index (χ4v) is 3.16. The summed E-state index contributed by atoms with van der Waals surface area (Å²) in [5.74, 6) is 0.942. The van der Waals surface area contributed by atoms with Crippen LogP contribution in [0.4, 0.5) is 5.69 Å². The lowest BCUT2D eigenvalue weighted by molar-refractivity contribution is 1.36. The highest BCUT2D eigenvalue weighted by atomic mass is 32.2. The second-order valence-corrected chi connectivity index (χ2v) is 5.61. The molecule has 0 aliphatic heterocycles. The van der Waals surface area contributed by atoms with E-state index in [9.17, 15) is 0 Å². The minimum absolute atomic E-state index is 0.942. The molecule has 0 saturated heterocycles. The molecule has 0 saturated carbocycles. The summed E-state index contributed by atoms with van der Waals surface area (Å²) in [6.07, 6.45) is 0. The summed E-state index contributed by atoms with van der Waals surface area (Å²) in [5, 5.41) is 2.58. The lowest BCUT2D eigenvalue weighted by atomic mass is 10.1. The van der Waals surface area contributed by atoms with Gasteiger partial charge in [0.2, 0.25) is 0 Å². The van der Waals surface area contributed by atoms with Gasteiger partial charge in [0.15, 0.2) is 0 Å². The Morgan fingerprint density at radius 3 is 2.45 bits per heavy atom. The first-order chi connectivity index (χ1) is 9.86. The Hall–Kier alpha value is -2.06. The van der Waals surface area contributed by atoms with Crippen LogP contribution >= 0.6 is 11.8 Å². The molecule has 0 N–H and O–H groups in total. The summed E-state index contributed by atoms with van der Waals surface area (Å²) in [6, 6.07) is 23.2. The number of benzene rings is 3. The standard InChI is InChI=1S/C18H15NS/c1-19-17-8-4-5-9-18(17)20-13-14-10-11-15-6-2-3-7-16(15)12-14/h2-12H,1,13H2. The maximum absolute atomic E-state index is 4.06. The van der Waals surface area contributed by atoms with Gasteiger partial charge in [-0.05, 0) is 35.2 Å². The van der Waals surface area contributed by atoms with Gasteiger partial charge >= 0.3 is 0 Å². The second kappa shape index (κ2) is 5.93. The first-order valence-electron chi connectivity index (χ1n) is 6.53. The number of para-hydroxylation sites is 1. The van der Waals surface area contributed by atoms with E-state index in [0.29, 0.717) is 0 Å². The summed E-state index contributed by atoms with van der Waals surface area (Å²) in [6.45, 7) is 3.62. The molecule has 3 aromatic carbocycles. The van der Waals surface area contributed by atoms with Crippen LogP contribution in [0, 0.1) is 0 Å². The van der Waals surface area contributed by atoms with Gasteiger partial charge < -0.3 is 0 Å². The highest BCUT2D eigenvalue weighted by molar-refractivity contribution is 7.98. The van der Waals surface area contributed by atoms with Crippen LogP contribution in [0.2, 0.25) is 0 Å². The third-order valence-corrected chi connectivity index (χ3v) is 4.38. The van der Waals surface area contributed by atoms with Gasteiger partial charge in [0.05, 0.1) is 5.69 Å². The quantitative estimate of drug-likeness (QED) is 0.455. The Kier molecular flexibility index (Phi) is 3.84. The van der Waals surface area contributed by atoms with E-state index < -0.39 is 0 Å². The molecule has 98 valence electrons. The average Bonchev–Trinajstić information content (AvgIpc) is 2.53. The van der Waals surface area contributed by atoms with Crippen LogP contribution < -0.4 is 0 Å². The van der Waals surface area contributed by atoms with Crippen molar-refractivity contribution in [1.29, 1.82) is 0 Å². The number of rotatable bonds is 4. The largest absolute Gasteiger partial charge is 0.263 e. The summed E-state index contributed by atoms with van der Waals surface area (Å²) in [7, 11) is 0. The molecule has 0 radical (unpaired) electrons. The molecule has 0 heterocycles. The smallest absolute Gasteiger partial charge is 0.0758 e. The summed E-state index contributed by atoms with van der Waals surface area (Å²) < 4.78 is 0. The average molecular weight is 277 g/mol. The third-order valence-electron chi connectivity index (χ3n) is 3.24. The van der Waals surface area contributed by atoms with Gasteiger partial charge in [-0.25, -0.2) is 0 Å². The van der Waals surface area contributed by atoms with Crippen LogP contribution in [-0.2, 0) is 5.75 Å². The maximum atomic E-state index is 4.06. The van der Waals surface area contributed by atoms with Gasteiger partial charge in [-0.1, -0.05) is 54.6 Å². The van der Waals surface area contributed by atoms with E-state index in [1.54, 1.807) is 11.8 Å². The van der Waals surface area contributed by atoms with Gasteiger partial charge in [-0.3, -0.25) is 4.99 Å². The van der Waals surface area contributed by atoms with Crippen molar-refractivity contribution in [2.75, 3.05) is 0 Å². The van der Waals surface area contributed by atoms with Crippen LogP contribution in [-0.4, -0.2) is 6.72 Å². The molecule has 0 fully saturated rings. The second-order valence-electron chi connectivity index (χ2n) is 4.60. The Morgan fingerprint density at radius 1 is 0.850 bits per heavy atom. The van der Waals surface area contributed by atoms with Gasteiger partial charge in [0.25, 0.3) is 0 Å². The van der Waals surface area contributed by atoms with Crippen molar-refractivity contribution < 1.29 is 0 Å². The zero-order chi connectivity index (χ0) is 13.8. The highest BCUT2D eigenvalue weighted by Gasteiger charge is 2.02. The molecule has 0 spiro atoms. The van der Waals surface area contributed by atoms with Crippen LogP contribution in [0.25, 0.3) is 10.8 Å². The van der Waals surface area contributed by atoms with E-state index in [2.05, 4.69) is 60.2 Å².